The van der Waals surface area contributed by atoms with Gasteiger partial charge in [0.15, 0.2) is 0 Å². The molecule has 0 fully saturated rings. The molecule has 242 valence electrons. The van der Waals surface area contributed by atoms with E-state index in [1.807, 2.05) is 11.3 Å². The minimum atomic E-state index is -0.106. The van der Waals surface area contributed by atoms with Crippen LogP contribution < -0.4 is 4.90 Å². The van der Waals surface area contributed by atoms with Gasteiger partial charge in [-0.05, 0) is 86.8 Å². The van der Waals surface area contributed by atoms with Crippen molar-refractivity contribution >= 4 is 59.3 Å². The molecule has 8 aromatic carbocycles. The zero-order valence-electron chi connectivity index (χ0n) is 28.6. The SMILES string of the molecule is CC1(C)c2ccc(N(c3cc(-c4ccccc4)cc(-c4ccccc4)c3)c3cccc4ccccc34)cc2-c2c1ccc1c2sc2ccccc21. The van der Waals surface area contributed by atoms with Gasteiger partial charge in [0, 0.05) is 47.9 Å². The van der Waals surface area contributed by atoms with Gasteiger partial charge < -0.3 is 4.90 Å². The van der Waals surface area contributed by atoms with Gasteiger partial charge in [0.1, 0.15) is 0 Å². The Hall–Kier alpha value is -5.96. The maximum absolute atomic E-state index is 2.48. The van der Waals surface area contributed by atoms with E-state index in [-0.39, 0.29) is 5.41 Å². The molecular weight excluding hydrogens is 635 g/mol. The Balaban J connectivity index is 1.26. The fourth-order valence-corrected chi connectivity index (χ4v) is 9.58. The molecule has 1 aliphatic carbocycles. The summed E-state index contributed by atoms with van der Waals surface area (Å²) in [5.74, 6) is 0. The quantitative estimate of drug-likeness (QED) is 0.176. The summed E-state index contributed by atoms with van der Waals surface area (Å²) in [5.41, 5.74) is 13.6. The second-order valence-electron chi connectivity index (χ2n) is 14.2. The van der Waals surface area contributed by atoms with Crippen molar-refractivity contribution in [3.05, 3.63) is 187 Å². The Morgan fingerprint density at radius 1 is 0.451 bits per heavy atom. The molecule has 0 spiro atoms. The van der Waals surface area contributed by atoms with Gasteiger partial charge in [0.25, 0.3) is 0 Å². The van der Waals surface area contributed by atoms with E-state index in [1.54, 1.807) is 0 Å². The number of fused-ring (bicyclic) bond motifs is 8. The standard InChI is InChI=1S/C49H35NS/c1-49(2)43-26-24-37(31-42(43)47-44(49)27-25-41-40-21-11-12-23-46(40)51-48(41)47)50(45-22-13-19-34-18-9-10-20-39(34)45)38-29-35(32-14-5-3-6-15-32)28-36(30-38)33-16-7-4-8-17-33/h3-31H,1-2H3. The maximum Gasteiger partial charge on any atom is 0.0540 e. The van der Waals surface area contributed by atoms with E-state index >= 15 is 0 Å². The molecule has 1 aromatic heterocycles. The van der Waals surface area contributed by atoms with Crippen molar-refractivity contribution in [2.75, 3.05) is 4.90 Å². The van der Waals surface area contributed by atoms with E-state index in [9.17, 15) is 0 Å². The molecule has 0 radical (unpaired) electrons. The summed E-state index contributed by atoms with van der Waals surface area (Å²) >= 11 is 1.93. The van der Waals surface area contributed by atoms with Gasteiger partial charge in [-0.3, -0.25) is 0 Å². The second-order valence-corrected chi connectivity index (χ2v) is 15.2. The summed E-state index contributed by atoms with van der Waals surface area (Å²) < 4.78 is 2.72. The lowest BCUT2D eigenvalue weighted by molar-refractivity contribution is 0.661. The molecule has 0 amide bonds. The van der Waals surface area contributed by atoms with Crippen LogP contribution in [0.25, 0.3) is 64.3 Å². The van der Waals surface area contributed by atoms with Crippen molar-refractivity contribution < 1.29 is 0 Å². The first-order valence-corrected chi connectivity index (χ1v) is 18.5. The second kappa shape index (κ2) is 11.6. The molecule has 0 N–H and O–H groups in total. The number of hydrogen-bond donors (Lipinski definition) is 0. The van der Waals surface area contributed by atoms with Crippen molar-refractivity contribution in [3.63, 3.8) is 0 Å². The summed E-state index contributed by atoms with van der Waals surface area (Å²) in [6, 6.07) is 64.8. The fourth-order valence-electron chi connectivity index (χ4n) is 8.31. The van der Waals surface area contributed by atoms with Crippen molar-refractivity contribution in [2.24, 2.45) is 0 Å². The van der Waals surface area contributed by atoms with Crippen LogP contribution in [0.3, 0.4) is 0 Å². The Bertz CT molecular complexity index is 2710. The van der Waals surface area contributed by atoms with Crippen LogP contribution in [-0.4, -0.2) is 0 Å². The summed E-state index contributed by atoms with van der Waals surface area (Å²) in [4.78, 5) is 2.48. The van der Waals surface area contributed by atoms with Crippen LogP contribution >= 0.6 is 11.3 Å². The molecule has 0 atom stereocenters. The predicted molar refractivity (Wildman–Crippen MR) is 220 cm³/mol. The lowest BCUT2D eigenvalue weighted by Crippen LogP contribution is -2.15. The molecule has 10 rings (SSSR count). The summed E-state index contributed by atoms with van der Waals surface area (Å²) in [5, 5.41) is 5.13. The van der Waals surface area contributed by atoms with Crippen LogP contribution in [0, 0.1) is 0 Å². The Labute approximate surface area is 302 Å². The van der Waals surface area contributed by atoms with Crippen LogP contribution in [0.4, 0.5) is 17.1 Å². The van der Waals surface area contributed by atoms with Gasteiger partial charge in [-0.15, -0.1) is 11.3 Å². The van der Waals surface area contributed by atoms with Gasteiger partial charge >= 0.3 is 0 Å². The highest BCUT2D eigenvalue weighted by atomic mass is 32.1. The zero-order valence-corrected chi connectivity index (χ0v) is 29.4. The van der Waals surface area contributed by atoms with Gasteiger partial charge in [-0.25, -0.2) is 0 Å². The average molecular weight is 670 g/mol. The van der Waals surface area contributed by atoms with E-state index in [1.165, 1.54) is 75.5 Å². The van der Waals surface area contributed by atoms with E-state index in [0.717, 1.165) is 17.1 Å². The van der Waals surface area contributed by atoms with Gasteiger partial charge in [-0.2, -0.15) is 0 Å². The number of hydrogen-bond acceptors (Lipinski definition) is 2. The van der Waals surface area contributed by atoms with E-state index in [4.69, 9.17) is 0 Å². The highest BCUT2D eigenvalue weighted by Gasteiger charge is 2.37. The smallest absolute Gasteiger partial charge is 0.0540 e. The molecule has 51 heavy (non-hydrogen) atoms. The van der Waals surface area contributed by atoms with Gasteiger partial charge in [0.2, 0.25) is 0 Å². The highest BCUT2D eigenvalue weighted by Crippen LogP contribution is 2.55. The first-order valence-electron chi connectivity index (χ1n) is 17.7. The van der Waals surface area contributed by atoms with Crippen LogP contribution in [0.5, 0.6) is 0 Å². The summed E-state index contributed by atoms with van der Waals surface area (Å²) in [7, 11) is 0. The minimum absolute atomic E-state index is 0.106. The van der Waals surface area contributed by atoms with Crippen LogP contribution in [-0.2, 0) is 5.41 Å². The van der Waals surface area contributed by atoms with Crippen LogP contribution in [0.15, 0.2) is 176 Å². The number of thiophene rings is 1. The molecule has 0 saturated carbocycles. The average Bonchev–Trinajstić information content (AvgIpc) is 3.67. The first kappa shape index (κ1) is 29.9. The number of benzene rings is 8. The molecule has 0 saturated heterocycles. The maximum atomic E-state index is 2.48. The Morgan fingerprint density at radius 3 is 1.82 bits per heavy atom. The first-order chi connectivity index (χ1) is 25.0. The van der Waals surface area contributed by atoms with Crippen molar-refractivity contribution in [1.82, 2.24) is 0 Å². The van der Waals surface area contributed by atoms with E-state index in [2.05, 4.69) is 195 Å². The molecule has 2 heteroatoms. The predicted octanol–water partition coefficient (Wildman–Crippen LogP) is 14.3. The van der Waals surface area contributed by atoms with Crippen molar-refractivity contribution in [1.29, 1.82) is 0 Å². The molecule has 1 heterocycles. The highest BCUT2D eigenvalue weighted by molar-refractivity contribution is 7.26. The summed E-state index contributed by atoms with van der Waals surface area (Å²) in [6.45, 7) is 4.77. The van der Waals surface area contributed by atoms with E-state index in [0.29, 0.717) is 0 Å². The molecule has 0 unspecified atom stereocenters. The Kier molecular flexibility index (Phi) is 6.78. The normalized spacial score (nSPS) is 13.1. The minimum Gasteiger partial charge on any atom is -0.310 e. The van der Waals surface area contributed by atoms with Crippen LogP contribution in [0.1, 0.15) is 25.0 Å². The zero-order chi connectivity index (χ0) is 34.1. The number of nitrogens with zero attached hydrogens (tertiary/aromatic N) is 1. The molecule has 1 nitrogen and oxygen atoms in total. The summed E-state index contributed by atoms with van der Waals surface area (Å²) in [6.07, 6.45) is 0. The lowest BCUT2D eigenvalue weighted by Gasteiger charge is -2.29. The van der Waals surface area contributed by atoms with Crippen molar-refractivity contribution in [2.45, 2.75) is 19.3 Å². The van der Waals surface area contributed by atoms with E-state index < -0.39 is 0 Å². The third-order valence-corrected chi connectivity index (χ3v) is 12.0. The number of rotatable bonds is 5. The molecule has 0 bridgehead atoms. The molecule has 1 aliphatic rings. The van der Waals surface area contributed by atoms with Crippen molar-refractivity contribution in [3.8, 4) is 33.4 Å². The largest absolute Gasteiger partial charge is 0.310 e. The lowest BCUT2D eigenvalue weighted by atomic mass is 9.82. The van der Waals surface area contributed by atoms with Gasteiger partial charge in [-0.1, -0.05) is 147 Å². The molecule has 0 aliphatic heterocycles. The monoisotopic (exact) mass is 669 g/mol. The third-order valence-electron chi connectivity index (χ3n) is 10.8. The number of anilines is 3. The van der Waals surface area contributed by atoms with Crippen LogP contribution in [0.2, 0.25) is 0 Å². The topological polar surface area (TPSA) is 3.24 Å². The molecular formula is C49H35NS. The third kappa shape index (κ3) is 4.75. The van der Waals surface area contributed by atoms with Gasteiger partial charge in [0.05, 0.1) is 5.69 Å². The fraction of sp³-hybridized carbons (Fsp3) is 0.0612. The Morgan fingerprint density at radius 2 is 1.08 bits per heavy atom. The molecule has 9 aromatic rings.